The molecule has 1 aliphatic rings. The van der Waals surface area contributed by atoms with E-state index >= 15 is 0 Å². The molecule has 0 spiro atoms. The number of nitrogens with zero attached hydrogens (tertiary/aromatic N) is 2. The predicted molar refractivity (Wildman–Crippen MR) is 57.7 cm³/mol. The van der Waals surface area contributed by atoms with E-state index in [0.29, 0.717) is 0 Å². The molecule has 0 unspecified atom stereocenters. The Morgan fingerprint density at radius 2 is 2.00 bits per heavy atom. The van der Waals surface area contributed by atoms with Crippen LogP contribution in [0.4, 0.5) is 8.37 Å². The quantitative estimate of drug-likeness (QED) is 0.606. The van der Waals surface area contributed by atoms with Gasteiger partial charge in [0.25, 0.3) is 0 Å². The minimum atomic E-state index is -5.08. The fourth-order valence-electron chi connectivity index (χ4n) is 1.10. The van der Waals surface area contributed by atoms with Crippen LogP contribution in [0.5, 0.6) is 0 Å². The summed E-state index contributed by atoms with van der Waals surface area (Å²) in [6.07, 6.45) is 6.87. The lowest BCUT2D eigenvalue weighted by Gasteiger charge is -2.17. The molecule has 16 heavy (non-hydrogen) atoms. The molecule has 0 radical (unpaired) electrons. The summed E-state index contributed by atoms with van der Waals surface area (Å²) in [6.45, 7) is 4.50. The van der Waals surface area contributed by atoms with Gasteiger partial charge < -0.3 is 9.80 Å². The van der Waals surface area contributed by atoms with Gasteiger partial charge in [-0.15, -0.1) is 4.48 Å². The first-order valence-corrected chi connectivity index (χ1v) is 6.22. The molecule has 0 amide bonds. The van der Waals surface area contributed by atoms with Gasteiger partial charge in [0.15, 0.2) is 0 Å². The maximum Gasteiger partial charge on any atom is 0.398 e. The Morgan fingerprint density at radius 1 is 1.44 bits per heavy atom. The average molecular weight is 257 g/mol. The van der Waals surface area contributed by atoms with E-state index in [2.05, 4.69) is 36.2 Å². The van der Waals surface area contributed by atoms with Gasteiger partial charge in [0.2, 0.25) is 0 Å². The van der Waals surface area contributed by atoms with Crippen LogP contribution in [0.25, 0.3) is 0 Å². The van der Waals surface area contributed by atoms with Crippen LogP contribution < -0.4 is 4.94 Å². The van der Waals surface area contributed by atoms with E-state index in [4.69, 9.17) is 8.42 Å². The number of rotatable bonds is 4. The molecule has 8 heteroatoms. The topological polar surface area (TPSA) is 52.7 Å². The van der Waals surface area contributed by atoms with E-state index in [0.717, 1.165) is 6.67 Å². The van der Waals surface area contributed by atoms with E-state index in [9.17, 15) is 8.37 Å². The van der Waals surface area contributed by atoms with Crippen molar-refractivity contribution in [3.8, 4) is 0 Å². The highest BCUT2D eigenvalue weighted by Gasteiger charge is 2.05. The second-order valence-corrected chi connectivity index (χ2v) is 4.41. The molecular weight excluding hydrogens is 240 g/mol. The van der Waals surface area contributed by atoms with Gasteiger partial charge in [-0.05, 0) is 11.4 Å². The Labute approximate surface area is 95.0 Å². The van der Waals surface area contributed by atoms with Gasteiger partial charge in [0.05, 0.1) is 6.67 Å². The maximum atomic E-state index is 10.6. The fourth-order valence-corrected chi connectivity index (χ4v) is 1.10. The zero-order valence-corrected chi connectivity index (χ0v) is 10.2. The lowest BCUT2D eigenvalue weighted by Crippen LogP contribution is -2.23. The molecule has 1 N–H and O–H groups in total. The largest absolute Gasteiger partial charge is 0.398 e. The molecule has 0 saturated carbocycles. The van der Waals surface area contributed by atoms with Crippen molar-refractivity contribution in [2.24, 2.45) is 0 Å². The minimum Gasteiger partial charge on any atom is -0.362 e. The van der Waals surface area contributed by atoms with Crippen molar-refractivity contribution in [1.82, 2.24) is 14.7 Å². The van der Waals surface area contributed by atoms with Crippen molar-refractivity contribution in [2.45, 2.75) is 19.8 Å². The molecule has 0 fully saturated rings. The molecule has 0 aromatic heterocycles. The van der Waals surface area contributed by atoms with Crippen LogP contribution in [0.2, 0.25) is 0 Å². The van der Waals surface area contributed by atoms with Gasteiger partial charge in [-0.3, -0.25) is 0 Å². The van der Waals surface area contributed by atoms with Crippen LogP contribution in [0.3, 0.4) is 0 Å². The van der Waals surface area contributed by atoms with Crippen molar-refractivity contribution < 1.29 is 16.8 Å². The summed E-state index contributed by atoms with van der Waals surface area (Å²) >= 11 is 0. The summed E-state index contributed by atoms with van der Waals surface area (Å²) in [6, 6.07) is 0. The molecule has 1 heterocycles. The van der Waals surface area contributed by atoms with Crippen molar-refractivity contribution in [2.75, 3.05) is 20.3 Å². The normalized spacial score (nSPS) is 15.0. The Kier molecular flexibility index (Phi) is 6.98. The van der Waals surface area contributed by atoms with E-state index in [1.807, 2.05) is 0 Å². The van der Waals surface area contributed by atoms with Gasteiger partial charge in [0, 0.05) is 26.0 Å². The van der Waals surface area contributed by atoms with Gasteiger partial charge in [-0.1, -0.05) is 17.2 Å². The van der Waals surface area contributed by atoms with Gasteiger partial charge in [0.1, 0.15) is 0 Å². The molecule has 96 valence electrons. The SMILES string of the molecule is CCCCN1C=CN(C)C1.O=S(=O)(F)NF. The molecule has 0 aromatic carbocycles. The summed E-state index contributed by atoms with van der Waals surface area (Å²) in [5, 5.41) is 0. The lowest BCUT2D eigenvalue weighted by atomic mass is 10.3. The molecule has 1 aliphatic heterocycles. The molecule has 0 bridgehead atoms. The lowest BCUT2D eigenvalue weighted by molar-refractivity contribution is 0.293. The third-order valence-corrected chi connectivity index (χ3v) is 2.01. The summed E-state index contributed by atoms with van der Waals surface area (Å²) in [4.78, 5) is 4.44. The Hall–Kier alpha value is -0.890. The van der Waals surface area contributed by atoms with Gasteiger partial charge in [-0.2, -0.15) is 8.42 Å². The second-order valence-electron chi connectivity index (χ2n) is 3.38. The average Bonchev–Trinajstić information content (AvgIpc) is 2.61. The van der Waals surface area contributed by atoms with Crippen LogP contribution in [0, 0.1) is 0 Å². The summed E-state index contributed by atoms with van der Waals surface area (Å²) in [5.41, 5.74) is 0. The van der Waals surface area contributed by atoms with Crippen molar-refractivity contribution in [3.63, 3.8) is 0 Å². The summed E-state index contributed by atoms with van der Waals surface area (Å²) in [7, 11) is -2.98. The number of nitrogens with one attached hydrogen (secondary N) is 1. The smallest absolute Gasteiger partial charge is 0.362 e. The monoisotopic (exact) mass is 257 g/mol. The van der Waals surface area contributed by atoms with Crippen LogP contribution in [0.1, 0.15) is 19.8 Å². The molecule has 0 atom stereocenters. The number of hydrogen-bond donors (Lipinski definition) is 1. The number of unbranched alkanes of at least 4 members (excludes halogenated alkanes) is 1. The van der Waals surface area contributed by atoms with Crippen molar-refractivity contribution in [3.05, 3.63) is 12.4 Å². The van der Waals surface area contributed by atoms with E-state index < -0.39 is 10.4 Å². The van der Waals surface area contributed by atoms with E-state index in [-0.39, 0.29) is 4.94 Å². The molecule has 0 aromatic rings. The zero-order valence-electron chi connectivity index (χ0n) is 9.36. The first-order chi connectivity index (χ1) is 7.39. The Morgan fingerprint density at radius 3 is 2.31 bits per heavy atom. The fraction of sp³-hybridized carbons (Fsp3) is 0.750. The molecule has 0 saturated heterocycles. The van der Waals surface area contributed by atoms with Gasteiger partial charge >= 0.3 is 10.4 Å². The highest BCUT2D eigenvalue weighted by Crippen LogP contribution is 2.04. The molecule has 0 aliphatic carbocycles. The Bertz CT molecular complexity index is 308. The van der Waals surface area contributed by atoms with E-state index in [1.54, 1.807) is 0 Å². The standard InChI is InChI=1S/C8H16N2.F2HNO2S/c1-3-4-5-10-7-6-9(2)8-10;1-3-6(2,4)5/h6-7H,3-5,8H2,1-2H3;3H. The van der Waals surface area contributed by atoms with Crippen LogP contribution in [0.15, 0.2) is 12.4 Å². The first kappa shape index (κ1) is 15.1. The third kappa shape index (κ3) is 8.42. The zero-order chi connectivity index (χ0) is 12.6. The van der Waals surface area contributed by atoms with Crippen LogP contribution >= 0.6 is 0 Å². The molecule has 5 nitrogen and oxygen atoms in total. The first-order valence-electron chi connectivity index (χ1n) is 4.83. The molecule has 1 rings (SSSR count). The van der Waals surface area contributed by atoms with Crippen molar-refractivity contribution in [1.29, 1.82) is 0 Å². The third-order valence-electron chi connectivity index (χ3n) is 1.83. The summed E-state index contributed by atoms with van der Waals surface area (Å²) < 4.78 is 38.6. The van der Waals surface area contributed by atoms with Crippen LogP contribution in [-0.2, 0) is 10.4 Å². The van der Waals surface area contributed by atoms with Crippen molar-refractivity contribution >= 4 is 10.4 Å². The predicted octanol–water partition coefficient (Wildman–Crippen LogP) is 1.14. The minimum absolute atomic E-state index is 0.0903. The summed E-state index contributed by atoms with van der Waals surface area (Å²) in [5.74, 6) is 0. The number of halogens is 2. The number of hydrogen-bond acceptors (Lipinski definition) is 4. The second kappa shape index (κ2) is 7.39. The highest BCUT2D eigenvalue weighted by molar-refractivity contribution is 7.84. The Balaban J connectivity index is 0.000000325. The maximum absolute atomic E-state index is 10.6. The van der Waals surface area contributed by atoms with Gasteiger partial charge in [-0.25, -0.2) is 0 Å². The van der Waals surface area contributed by atoms with Crippen LogP contribution in [-0.4, -0.2) is 38.5 Å². The van der Waals surface area contributed by atoms with E-state index in [1.165, 1.54) is 19.4 Å². The highest BCUT2D eigenvalue weighted by atomic mass is 32.3. The molecular formula is C8H17F2N3O2S.